The van der Waals surface area contributed by atoms with Crippen molar-refractivity contribution in [2.45, 2.75) is 13.3 Å². The molecule has 1 fully saturated rings. The van der Waals surface area contributed by atoms with Crippen LogP contribution in [0, 0.1) is 0 Å². The third-order valence-electron chi connectivity index (χ3n) is 3.10. The summed E-state index contributed by atoms with van der Waals surface area (Å²) in [6.07, 6.45) is 2.64. The van der Waals surface area contributed by atoms with Gasteiger partial charge in [0.05, 0.1) is 4.91 Å². The summed E-state index contributed by atoms with van der Waals surface area (Å²) in [6.45, 7) is 2.06. The van der Waals surface area contributed by atoms with E-state index in [1.165, 1.54) is 0 Å². The molecule has 0 unspecified atom stereocenters. The van der Waals surface area contributed by atoms with Gasteiger partial charge in [0, 0.05) is 22.2 Å². The molecule has 2 heterocycles. The summed E-state index contributed by atoms with van der Waals surface area (Å²) >= 11 is 0.947. The standard InChI is InChI=1S/C14H12N2O2S/c1-2-10-9(7-12-13(17)16-14(18)19-12)8-5-3-4-6-11(8)15-10/h3-7,15H,2H2,1H3,(H,16,17,18)/b12-7-. The van der Waals surface area contributed by atoms with Crippen molar-refractivity contribution in [3.8, 4) is 0 Å². The van der Waals surface area contributed by atoms with E-state index in [-0.39, 0.29) is 11.1 Å². The van der Waals surface area contributed by atoms with Crippen molar-refractivity contribution < 1.29 is 9.59 Å². The van der Waals surface area contributed by atoms with Gasteiger partial charge in [0.25, 0.3) is 11.1 Å². The maximum absolute atomic E-state index is 11.6. The Morgan fingerprint density at radius 2 is 2.05 bits per heavy atom. The molecule has 2 amide bonds. The van der Waals surface area contributed by atoms with Gasteiger partial charge in [-0.2, -0.15) is 0 Å². The fourth-order valence-electron chi connectivity index (χ4n) is 2.22. The smallest absolute Gasteiger partial charge is 0.290 e. The molecule has 96 valence electrons. The zero-order valence-corrected chi connectivity index (χ0v) is 11.1. The number of thioether (sulfide) groups is 1. The minimum Gasteiger partial charge on any atom is -0.358 e. The molecule has 1 aliphatic rings. The van der Waals surface area contributed by atoms with Crippen molar-refractivity contribution >= 4 is 39.9 Å². The van der Waals surface area contributed by atoms with Crippen LogP contribution in [0.4, 0.5) is 4.79 Å². The van der Waals surface area contributed by atoms with Gasteiger partial charge < -0.3 is 4.98 Å². The van der Waals surface area contributed by atoms with Gasteiger partial charge in [0.1, 0.15) is 0 Å². The number of benzene rings is 1. The van der Waals surface area contributed by atoms with Crippen LogP contribution in [0.3, 0.4) is 0 Å². The number of hydrogen-bond acceptors (Lipinski definition) is 3. The molecule has 5 heteroatoms. The zero-order valence-electron chi connectivity index (χ0n) is 10.3. The van der Waals surface area contributed by atoms with Crippen LogP contribution in [0.1, 0.15) is 18.2 Å². The number of fused-ring (bicyclic) bond motifs is 1. The number of hydrogen-bond donors (Lipinski definition) is 2. The highest BCUT2D eigenvalue weighted by atomic mass is 32.2. The Morgan fingerprint density at radius 1 is 1.26 bits per heavy atom. The first kappa shape index (κ1) is 12.0. The molecule has 2 N–H and O–H groups in total. The summed E-state index contributed by atoms with van der Waals surface area (Å²) in [4.78, 5) is 26.6. The third-order valence-corrected chi connectivity index (χ3v) is 3.91. The van der Waals surface area contributed by atoms with E-state index in [0.717, 1.165) is 40.3 Å². The van der Waals surface area contributed by atoms with Crippen molar-refractivity contribution in [3.63, 3.8) is 0 Å². The van der Waals surface area contributed by atoms with Gasteiger partial charge in [-0.15, -0.1) is 0 Å². The van der Waals surface area contributed by atoms with Crippen LogP contribution in [0.25, 0.3) is 17.0 Å². The normalized spacial score (nSPS) is 17.4. The molecule has 0 atom stereocenters. The summed E-state index contributed by atoms with van der Waals surface area (Å²) in [7, 11) is 0. The van der Waals surface area contributed by atoms with E-state index in [1.54, 1.807) is 6.08 Å². The quantitative estimate of drug-likeness (QED) is 0.826. The number of rotatable bonds is 2. The molecule has 2 aromatic rings. The van der Waals surface area contributed by atoms with Gasteiger partial charge in [-0.1, -0.05) is 25.1 Å². The van der Waals surface area contributed by atoms with Crippen LogP contribution in [-0.2, 0) is 11.2 Å². The number of imide groups is 1. The lowest BCUT2D eigenvalue weighted by Crippen LogP contribution is -2.17. The average molecular weight is 272 g/mol. The predicted molar refractivity (Wildman–Crippen MR) is 76.8 cm³/mol. The molecule has 0 radical (unpaired) electrons. The second-order valence-corrected chi connectivity index (χ2v) is 5.28. The number of H-pyrrole nitrogens is 1. The first-order chi connectivity index (χ1) is 9.19. The molecule has 1 aliphatic heterocycles. The van der Waals surface area contributed by atoms with Crippen molar-refractivity contribution in [1.29, 1.82) is 0 Å². The van der Waals surface area contributed by atoms with E-state index in [2.05, 4.69) is 17.2 Å². The fraction of sp³-hybridized carbons (Fsp3) is 0.143. The zero-order chi connectivity index (χ0) is 13.4. The largest absolute Gasteiger partial charge is 0.358 e. The second-order valence-electron chi connectivity index (χ2n) is 4.27. The summed E-state index contributed by atoms with van der Waals surface area (Å²) in [5.74, 6) is -0.317. The molecule has 3 rings (SSSR count). The van der Waals surface area contributed by atoms with Gasteiger partial charge in [-0.3, -0.25) is 14.9 Å². The lowest BCUT2D eigenvalue weighted by atomic mass is 10.1. The molecule has 0 bridgehead atoms. The molecule has 1 aromatic heterocycles. The highest BCUT2D eigenvalue weighted by molar-refractivity contribution is 8.18. The van der Waals surface area contributed by atoms with Crippen LogP contribution < -0.4 is 5.32 Å². The van der Waals surface area contributed by atoms with E-state index in [4.69, 9.17) is 0 Å². The van der Waals surface area contributed by atoms with Gasteiger partial charge >= 0.3 is 0 Å². The first-order valence-corrected chi connectivity index (χ1v) is 6.85. The summed E-state index contributed by atoms with van der Waals surface area (Å²) in [6, 6.07) is 7.95. The second kappa shape index (κ2) is 4.59. The number of amides is 2. The molecule has 0 saturated carbocycles. The van der Waals surface area contributed by atoms with E-state index in [0.29, 0.717) is 4.91 Å². The third kappa shape index (κ3) is 2.06. The molecular weight excluding hydrogens is 260 g/mol. The van der Waals surface area contributed by atoms with Crippen molar-refractivity contribution in [2.75, 3.05) is 0 Å². The van der Waals surface area contributed by atoms with Gasteiger partial charge in [-0.05, 0) is 30.3 Å². The molecule has 19 heavy (non-hydrogen) atoms. The van der Waals surface area contributed by atoms with E-state index in [1.807, 2.05) is 24.3 Å². The van der Waals surface area contributed by atoms with Crippen molar-refractivity contribution in [3.05, 3.63) is 40.4 Å². The van der Waals surface area contributed by atoms with Crippen LogP contribution in [0.2, 0.25) is 0 Å². The number of nitrogens with one attached hydrogen (secondary N) is 2. The Kier molecular flexibility index (Phi) is 2.91. The van der Waals surface area contributed by atoms with Gasteiger partial charge in [0.2, 0.25) is 0 Å². The minimum atomic E-state index is -0.317. The monoisotopic (exact) mass is 272 g/mol. The summed E-state index contributed by atoms with van der Waals surface area (Å²) in [5, 5.41) is 3.03. The lowest BCUT2D eigenvalue weighted by Gasteiger charge is -1.97. The molecule has 0 aliphatic carbocycles. The topological polar surface area (TPSA) is 62.0 Å². The maximum atomic E-state index is 11.6. The minimum absolute atomic E-state index is 0.311. The Hall–Kier alpha value is -2.01. The Bertz CT molecular complexity index is 715. The van der Waals surface area contributed by atoms with Crippen LogP contribution in [0.5, 0.6) is 0 Å². The first-order valence-electron chi connectivity index (χ1n) is 6.03. The summed E-state index contributed by atoms with van der Waals surface area (Å²) in [5.41, 5.74) is 3.10. The highest BCUT2D eigenvalue weighted by Crippen LogP contribution is 2.30. The lowest BCUT2D eigenvalue weighted by molar-refractivity contribution is -0.115. The van der Waals surface area contributed by atoms with Crippen LogP contribution >= 0.6 is 11.8 Å². The Labute approximate surface area is 114 Å². The number of carbonyl (C=O) groups excluding carboxylic acids is 2. The van der Waals surface area contributed by atoms with Crippen molar-refractivity contribution in [1.82, 2.24) is 10.3 Å². The molecule has 1 saturated heterocycles. The van der Waals surface area contributed by atoms with Gasteiger partial charge in [-0.25, -0.2) is 0 Å². The number of para-hydroxylation sites is 1. The van der Waals surface area contributed by atoms with Gasteiger partial charge in [0.15, 0.2) is 0 Å². The van der Waals surface area contributed by atoms with Crippen molar-refractivity contribution in [2.24, 2.45) is 0 Å². The maximum Gasteiger partial charge on any atom is 0.290 e. The van der Waals surface area contributed by atoms with Crippen LogP contribution in [-0.4, -0.2) is 16.1 Å². The van der Waals surface area contributed by atoms with E-state index in [9.17, 15) is 9.59 Å². The molecule has 1 aromatic carbocycles. The Morgan fingerprint density at radius 3 is 2.74 bits per heavy atom. The van der Waals surface area contributed by atoms with Crippen LogP contribution in [0.15, 0.2) is 29.2 Å². The summed E-state index contributed by atoms with van der Waals surface area (Å²) < 4.78 is 0. The number of aryl methyl sites for hydroxylation is 1. The predicted octanol–water partition coefficient (Wildman–Crippen LogP) is 3.05. The van der Waals surface area contributed by atoms with E-state index >= 15 is 0 Å². The number of aromatic nitrogens is 1. The molecule has 0 spiro atoms. The molecule has 4 nitrogen and oxygen atoms in total. The average Bonchev–Trinajstić information content (AvgIpc) is 2.91. The number of carbonyl (C=O) groups is 2. The highest BCUT2D eigenvalue weighted by Gasteiger charge is 2.25. The Balaban J connectivity index is 2.17. The fourth-order valence-corrected chi connectivity index (χ4v) is 2.88. The number of aromatic amines is 1. The van der Waals surface area contributed by atoms with E-state index < -0.39 is 0 Å². The SMILES string of the molecule is CCc1[nH]c2ccccc2c1/C=C1\SC(=O)NC1=O. The molecular formula is C14H12N2O2S.